The number of rotatable bonds is 2. The molecule has 0 aliphatic rings. The number of carbonyl (C=O) groups is 1. The highest BCUT2D eigenvalue weighted by molar-refractivity contribution is 5.88. The Morgan fingerprint density at radius 2 is 1.83 bits per heavy atom. The maximum Gasteiger partial charge on any atom is 0.339 e. The Hall–Kier alpha value is -2.56. The summed E-state index contributed by atoms with van der Waals surface area (Å²) in [6.07, 6.45) is 1.44. The summed E-state index contributed by atoms with van der Waals surface area (Å²) in [4.78, 5) is 23.2. The summed E-state index contributed by atoms with van der Waals surface area (Å²) in [7, 11) is 1.29. The van der Waals surface area contributed by atoms with Crippen LogP contribution in [0.3, 0.4) is 0 Å². The quantitative estimate of drug-likeness (QED) is 0.636. The number of esters is 1. The van der Waals surface area contributed by atoms with Crippen LogP contribution in [0.5, 0.6) is 0 Å². The molecule has 1 heterocycles. The van der Waals surface area contributed by atoms with Crippen molar-refractivity contribution in [1.29, 1.82) is 0 Å². The standard InChI is InChI=1S/C13H12N2O3/c1-18-13(17)9-2-7-12(16)15(8-9)11-5-3-10(14)4-6-11/h2-8H,14H2,1H3. The largest absolute Gasteiger partial charge is 0.465 e. The highest BCUT2D eigenvalue weighted by atomic mass is 16.5. The molecule has 2 aromatic rings. The number of nitrogens with two attached hydrogens (primary N) is 1. The van der Waals surface area contributed by atoms with E-state index in [-0.39, 0.29) is 5.56 Å². The average molecular weight is 244 g/mol. The number of aromatic nitrogens is 1. The van der Waals surface area contributed by atoms with Crippen LogP contribution in [0.2, 0.25) is 0 Å². The van der Waals surface area contributed by atoms with Gasteiger partial charge in [0, 0.05) is 23.6 Å². The van der Waals surface area contributed by atoms with Gasteiger partial charge in [-0.25, -0.2) is 4.79 Å². The van der Waals surface area contributed by atoms with Gasteiger partial charge in [-0.3, -0.25) is 9.36 Å². The van der Waals surface area contributed by atoms with Crippen molar-refractivity contribution < 1.29 is 9.53 Å². The summed E-state index contributed by atoms with van der Waals surface area (Å²) >= 11 is 0. The first-order valence-corrected chi connectivity index (χ1v) is 5.29. The molecule has 0 spiro atoms. The lowest BCUT2D eigenvalue weighted by molar-refractivity contribution is 0.0600. The summed E-state index contributed by atoms with van der Waals surface area (Å²) < 4.78 is 5.98. The lowest BCUT2D eigenvalue weighted by Crippen LogP contribution is -2.18. The second-order valence-corrected chi connectivity index (χ2v) is 3.71. The molecule has 0 saturated carbocycles. The minimum atomic E-state index is -0.487. The van der Waals surface area contributed by atoms with Gasteiger partial charge >= 0.3 is 5.97 Å². The second kappa shape index (κ2) is 4.75. The second-order valence-electron chi connectivity index (χ2n) is 3.71. The van der Waals surface area contributed by atoms with Crippen LogP contribution in [0, 0.1) is 0 Å². The molecule has 0 bridgehead atoms. The number of nitrogens with zero attached hydrogens (tertiary/aromatic N) is 1. The third-order valence-electron chi connectivity index (χ3n) is 2.50. The van der Waals surface area contributed by atoms with E-state index < -0.39 is 5.97 Å². The van der Waals surface area contributed by atoms with Gasteiger partial charge in [0.05, 0.1) is 12.7 Å². The van der Waals surface area contributed by atoms with Crippen molar-refractivity contribution in [3.63, 3.8) is 0 Å². The van der Waals surface area contributed by atoms with Crippen LogP contribution >= 0.6 is 0 Å². The third-order valence-corrected chi connectivity index (χ3v) is 2.50. The molecule has 92 valence electrons. The van der Waals surface area contributed by atoms with Crippen LogP contribution in [0.25, 0.3) is 5.69 Å². The van der Waals surface area contributed by atoms with E-state index in [0.717, 1.165) is 0 Å². The maximum absolute atomic E-state index is 11.7. The van der Waals surface area contributed by atoms with Crippen LogP contribution in [-0.2, 0) is 4.74 Å². The van der Waals surface area contributed by atoms with Gasteiger partial charge in [-0.05, 0) is 30.3 Å². The third kappa shape index (κ3) is 2.24. The average Bonchev–Trinajstić information content (AvgIpc) is 2.39. The van der Waals surface area contributed by atoms with Crippen LogP contribution in [0.15, 0.2) is 47.4 Å². The molecule has 0 atom stereocenters. The predicted molar refractivity (Wildman–Crippen MR) is 67.8 cm³/mol. The zero-order chi connectivity index (χ0) is 13.1. The Labute approximate surface area is 103 Å². The fraction of sp³-hybridized carbons (Fsp3) is 0.0769. The van der Waals surface area contributed by atoms with Gasteiger partial charge in [0.2, 0.25) is 0 Å². The van der Waals surface area contributed by atoms with Crippen LogP contribution in [0.4, 0.5) is 5.69 Å². The summed E-state index contributed by atoms with van der Waals surface area (Å²) in [6.45, 7) is 0. The van der Waals surface area contributed by atoms with Crippen molar-refractivity contribution in [3.05, 3.63) is 58.5 Å². The molecule has 0 radical (unpaired) electrons. The van der Waals surface area contributed by atoms with Crippen LogP contribution in [-0.4, -0.2) is 17.6 Å². The van der Waals surface area contributed by atoms with Crippen LogP contribution < -0.4 is 11.3 Å². The molecule has 0 aliphatic carbocycles. The lowest BCUT2D eigenvalue weighted by Gasteiger charge is -2.07. The molecular formula is C13H12N2O3. The van der Waals surface area contributed by atoms with Crippen molar-refractivity contribution in [2.24, 2.45) is 0 Å². The first-order valence-electron chi connectivity index (χ1n) is 5.29. The Kier molecular flexibility index (Phi) is 3.14. The molecule has 5 nitrogen and oxygen atoms in total. The summed E-state index contributed by atoms with van der Waals surface area (Å²) in [5.41, 5.74) is 6.91. The maximum atomic E-state index is 11.7. The number of carbonyl (C=O) groups excluding carboxylic acids is 1. The van der Waals surface area contributed by atoms with Gasteiger partial charge < -0.3 is 10.5 Å². The van der Waals surface area contributed by atoms with E-state index in [9.17, 15) is 9.59 Å². The van der Waals surface area contributed by atoms with Crippen LogP contribution in [0.1, 0.15) is 10.4 Å². The summed E-state index contributed by atoms with van der Waals surface area (Å²) in [5.74, 6) is -0.487. The number of hydrogen-bond acceptors (Lipinski definition) is 4. The minimum Gasteiger partial charge on any atom is -0.465 e. The number of methoxy groups -OCH3 is 1. The SMILES string of the molecule is COC(=O)c1ccc(=O)n(-c2ccc(N)cc2)c1. The number of benzene rings is 1. The monoisotopic (exact) mass is 244 g/mol. The Morgan fingerprint density at radius 1 is 1.17 bits per heavy atom. The first kappa shape index (κ1) is 11.9. The Bertz CT molecular complexity index is 629. The minimum absolute atomic E-state index is 0.229. The molecule has 2 rings (SSSR count). The number of hydrogen-bond donors (Lipinski definition) is 1. The fourth-order valence-electron chi connectivity index (χ4n) is 1.56. The topological polar surface area (TPSA) is 74.3 Å². The van der Waals surface area contributed by atoms with Gasteiger partial charge in [-0.15, -0.1) is 0 Å². The van der Waals surface area contributed by atoms with Crippen molar-refractivity contribution in [2.45, 2.75) is 0 Å². The van der Waals surface area contributed by atoms with E-state index in [1.165, 1.54) is 30.0 Å². The molecule has 0 amide bonds. The van der Waals surface area contributed by atoms with Crippen molar-refractivity contribution in [1.82, 2.24) is 4.57 Å². The highest BCUT2D eigenvalue weighted by Crippen LogP contribution is 2.10. The summed E-state index contributed by atoms with van der Waals surface area (Å²) in [5, 5.41) is 0. The molecule has 0 fully saturated rings. The lowest BCUT2D eigenvalue weighted by atomic mass is 10.2. The number of anilines is 1. The van der Waals surface area contributed by atoms with Gasteiger partial charge in [-0.2, -0.15) is 0 Å². The van der Waals surface area contributed by atoms with Gasteiger partial charge in [0.1, 0.15) is 0 Å². The molecule has 5 heteroatoms. The Morgan fingerprint density at radius 3 is 2.44 bits per heavy atom. The van der Waals surface area contributed by atoms with E-state index in [1.807, 2.05) is 0 Å². The molecule has 18 heavy (non-hydrogen) atoms. The number of pyridine rings is 1. The van der Waals surface area contributed by atoms with Gasteiger partial charge in [-0.1, -0.05) is 0 Å². The van der Waals surface area contributed by atoms with Crippen molar-refractivity contribution >= 4 is 11.7 Å². The van der Waals surface area contributed by atoms with Gasteiger partial charge in [0.25, 0.3) is 5.56 Å². The molecule has 1 aromatic carbocycles. The van der Waals surface area contributed by atoms with Crippen molar-refractivity contribution in [3.8, 4) is 5.69 Å². The summed E-state index contributed by atoms with van der Waals surface area (Å²) in [6, 6.07) is 9.54. The molecule has 0 aliphatic heterocycles. The molecule has 1 aromatic heterocycles. The van der Waals surface area contributed by atoms with E-state index in [2.05, 4.69) is 4.74 Å². The van der Waals surface area contributed by atoms with E-state index >= 15 is 0 Å². The molecular weight excluding hydrogens is 232 g/mol. The smallest absolute Gasteiger partial charge is 0.339 e. The normalized spacial score (nSPS) is 10.1. The predicted octanol–water partition coefficient (Wildman–Crippen LogP) is 1.21. The highest BCUT2D eigenvalue weighted by Gasteiger charge is 2.08. The molecule has 2 N–H and O–H groups in total. The first-order chi connectivity index (χ1) is 8.61. The molecule has 0 unspecified atom stereocenters. The van der Waals surface area contributed by atoms with E-state index in [0.29, 0.717) is 16.9 Å². The molecule has 0 saturated heterocycles. The zero-order valence-corrected chi connectivity index (χ0v) is 9.79. The van der Waals surface area contributed by atoms with Gasteiger partial charge in [0.15, 0.2) is 0 Å². The van der Waals surface area contributed by atoms with E-state index in [4.69, 9.17) is 5.73 Å². The van der Waals surface area contributed by atoms with Crippen molar-refractivity contribution in [2.75, 3.05) is 12.8 Å². The fourth-order valence-corrected chi connectivity index (χ4v) is 1.56. The zero-order valence-electron chi connectivity index (χ0n) is 9.79. The van der Waals surface area contributed by atoms with E-state index in [1.54, 1.807) is 24.3 Å². The Balaban J connectivity index is 2.53. The number of nitrogen functional groups attached to an aromatic ring is 1. The number of ether oxygens (including phenoxy) is 1.